The van der Waals surface area contributed by atoms with Crippen LogP contribution >= 0.6 is 0 Å². The van der Waals surface area contributed by atoms with Crippen molar-refractivity contribution in [2.24, 2.45) is 0 Å². The van der Waals surface area contributed by atoms with Gasteiger partial charge in [0.05, 0.1) is 0 Å². The van der Waals surface area contributed by atoms with Crippen molar-refractivity contribution in [3.05, 3.63) is 60.0 Å². The number of H-pyrrole nitrogens is 1. The van der Waals surface area contributed by atoms with E-state index in [1.807, 2.05) is 0 Å². The minimum absolute atomic E-state index is 1.05. The quantitative estimate of drug-likeness (QED) is 0.740. The highest BCUT2D eigenvalue weighted by atomic mass is 14.7. The second-order valence-corrected chi connectivity index (χ2v) is 3.93. The molecule has 0 aromatic carbocycles. The maximum absolute atomic E-state index is 3.48. The van der Waals surface area contributed by atoms with Crippen molar-refractivity contribution in [1.29, 1.82) is 0 Å². The van der Waals surface area contributed by atoms with E-state index in [1.165, 1.54) is 22.5 Å². The molecular formula is C14H13N. The highest BCUT2D eigenvalue weighted by molar-refractivity contribution is 5.74. The molecule has 15 heavy (non-hydrogen) atoms. The van der Waals surface area contributed by atoms with Crippen molar-refractivity contribution in [2.45, 2.75) is 12.8 Å². The number of aromatic nitrogens is 1. The van der Waals surface area contributed by atoms with E-state index in [1.54, 1.807) is 0 Å². The average Bonchev–Trinajstić information content (AvgIpc) is 3.02. The van der Waals surface area contributed by atoms with Crippen LogP contribution in [0.25, 0.3) is 11.1 Å². The number of nitrogens with one attached hydrogen (secondary N) is 1. The Morgan fingerprint density at radius 3 is 1.73 bits per heavy atom. The smallest absolute Gasteiger partial charge is 0.0420 e. The van der Waals surface area contributed by atoms with Crippen LogP contribution in [-0.2, 0) is 0 Å². The van der Waals surface area contributed by atoms with Crippen LogP contribution in [0.4, 0.5) is 0 Å². The first-order chi connectivity index (χ1) is 7.43. The summed E-state index contributed by atoms with van der Waals surface area (Å²) in [5.41, 5.74) is 5.27. The van der Waals surface area contributed by atoms with E-state index in [4.69, 9.17) is 0 Å². The summed E-state index contributed by atoms with van der Waals surface area (Å²) in [6.07, 6.45) is 15.1. The Balaban J connectivity index is 1.88. The predicted molar refractivity (Wildman–Crippen MR) is 64.3 cm³/mol. The molecule has 0 saturated carbocycles. The predicted octanol–water partition coefficient (Wildman–Crippen LogP) is 3.70. The van der Waals surface area contributed by atoms with E-state index < -0.39 is 0 Å². The van der Waals surface area contributed by atoms with Gasteiger partial charge in [-0.1, -0.05) is 36.5 Å². The lowest BCUT2D eigenvalue weighted by atomic mass is 10.2. The summed E-state index contributed by atoms with van der Waals surface area (Å²) < 4.78 is 0. The van der Waals surface area contributed by atoms with Gasteiger partial charge in [-0.3, -0.25) is 0 Å². The lowest BCUT2D eigenvalue weighted by Gasteiger charge is -1.99. The Bertz CT molecular complexity index is 451. The molecule has 0 amide bonds. The van der Waals surface area contributed by atoms with Crippen LogP contribution in [0.2, 0.25) is 0 Å². The van der Waals surface area contributed by atoms with Gasteiger partial charge in [0.25, 0.3) is 0 Å². The first-order valence-electron chi connectivity index (χ1n) is 5.34. The van der Waals surface area contributed by atoms with E-state index in [0.717, 1.165) is 12.8 Å². The molecule has 0 fully saturated rings. The number of allylic oxidation sites excluding steroid dienone is 8. The van der Waals surface area contributed by atoms with Crippen LogP contribution < -0.4 is 0 Å². The largest absolute Gasteiger partial charge is 0.355 e. The fraction of sp³-hybridized carbons (Fsp3) is 0.143. The second kappa shape index (κ2) is 3.43. The van der Waals surface area contributed by atoms with Gasteiger partial charge in [-0.2, -0.15) is 0 Å². The molecule has 74 valence electrons. The van der Waals surface area contributed by atoms with Gasteiger partial charge in [-0.25, -0.2) is 0 Å². The van der Waals surface area contributed by atoms with Gasteiger partial charge in [0, 0.05) is 11.4 Å². The van der Waals surface area contributed by atoms with Crippen LogP contribution in [0, 0.1) is 0 Å². The van der Waals surface area contributed by atoms with Crippen LogP contribution in [0.15, 0.2) is 48.6 Å². The number of hydrogen-bond acceptors (Lipinski definition) is 0. The molecule has 2 aliphatic rings. The van der Waals surface area contributed by atoms with Gasteiger partial charge < -0.3 is 4.98 Å². The molecule has 0 spiro atoms. The molecule has 1 heterocycles. The second-order valence-electron chi connectivity index (χ2n) is 3.93. The number of aromatic amines is 1. The van der Waals surface area contributed by atoms with Crippen molar-refractivity contribution in [3.8, 4) is 0 Å². The Hall–Kier alpha value is -1.76. The topological polar surface area (TPSA) is 15.8 Å². The molecule has 0 radical (unpaired) electrons. The standard InChI is InChI=1S/C14H13N/c1-2-6-11(5-1)13-9-10-14(15-13)12-7-3-4-8-12/h1-5,7,9-10,15H,6,8H2. The van der Waals surface area contributed by atoms with E-state index >= 15 is 0 Å². The molecule has 0 atom stereocenters. The maximum atomic E-state index is 3.48. The monoisotopic (exact) mass is 195 g/mol. The summed E-state index contributed by atoms with van der Waals surface area (Å²) in [6, 6.07) is 4.35. The van der Waals surface area contributed by atoms with Crippen molar-refractivity contribution in [1.82, 2.24) is 4.98 Å². The third-order valence-electron chi connectivity index (χ3n) is 2.92. The summed E-state index contributed by atoms with van der Waals surface area (Å²) in [7, 11) is 0. The van der Waals surface area contributed by atoms with Gasteiger partial charge in [0.1, 0.15) is 0 Å². The van der Waals surface area contributed by atoms with Gasteiger partial charge in [-0.15, -0.1) is 0 Å². The third-order valence-corrected chi connectivity index (χ3v) is 2.92. The van der Waals surface area contributed by atoms with Crippen molar-refractivity contribution < 1.29 is 0 Å². The average molecular weight is 195 g/mol. The zero-order valence-electron chi connectivity index (χ0n) is 8.53. The van der Waals surface area contributed by atoms with Crippen LogP contribution in [0.5, 0.6) is 0 Å². The van der Waals surface area contributed by atoms with Crippen LogP contribution in [0.1, 0.15) is 24.2 Å². The zero-order valence-corrected chi connectivity index (χ0v) is 8.53. The van der Waals surface area contributed by atoms with Crippen molar-refractivity contribution in [2.75, 3.05) is 0 Å². The van der Waals surface area contributed by atoms with E-state index in [2.05, 4.69) is 53.6 Å². The SMILES string of the molecule is C1=CCC(c2ccc(C3=CC=CC3)[nH]2)=C1. The summed E-state index contributed by atoms with van der Waals surface area (Å²) in [5.74, 6) is 0. The van der Waals surface area contributed by atoms with Gasteiger partial charge in [-0.05, 0) is 36.1 Å². The van der Waals surface area contributed by atoms with E-state index in [-0.39, 0.29) is 0 Å². The normalized spacial score (nSPS) is 18.4. The molecule has 1 aromatic heterocycles. The Labute approximate surface area is 89.5 Å². The molecule has 0 saturated heterocycles. The first-order valence-corrected chi connectivity index (χ1v) is 5.34. The lowest BCUT2D eigenvalue weighted by Crippen LogP contribution is -1.84. The highest BCUT2D eigenvalue weighted by Crippen LogP contribution is 2.27. The summed E-state index contributed by atoms with van der Waals surface area (Å²) >= 11 is 0. The van der Waals surface area contributed by atoms with Crippen molar-refractivity contribution >= 4 is 11.1 Å². The summed E-state index contributed by atoms with van der Waals surface area (Å²) in [4.78, 5) is 3.48. The molecule has 1 N–H and O–H groups in total. The number of rotatable bonds is 2. The van der Waals surface area contributed by atoms with Crippen molar-refractivity contribution in [3.63, 3.8) is 0 Å². The minimum Gasteiger partial charge on any atom is -0.355 e. The Morgan fingerprint density at radius 2 is 1.33 bits per heavy atom. The lowest BCUT2D eigenvalue weighted by molar-refractivity contribution is 1.25. The Kier molecular flexibility index (Phi) is 1.95. The van der Waals surface area contributed by atoms with E-state index in [0.29, 0.717) is 0 Å². The Morgan fingerprint density at radius 1 is 0.800 bits per heavy atom. The molecule has 3 rings (SSSR count). The van der Waals surface area contributed by atoms with Gasteiger partial charge in [0.2, 0.25) is 0 Å². The van der Waals surface area contributed by atoms with Crippen LogP contribution in [0.3, 0.4) is 0 Å². The van der Waals surface area contributed by atoms with Crippen LogP contribution in [-0.4, -0.2) is 4.98 Å². The fourth-order valence-corrected chi connectivity index (χ4v) is 2.06. The highest BCUT2D eigenvalue weighted by Gasteiger charge is 2.08. The zero-order chi connectivity index (χ0) is 10.1. The first kappa shape index (κ1) is 8.54. The van der Waals surface area contributed by atoms with Gasteiger partial charge in [0.15, 0.2) is 0 Å². The molecule has 1 nitrogen and oxygen atoms in total. The maximum Gasteiger partial charge on any atom is 0.0420 e. The summed E-state index contributed by atoms with van der Waals surface area (Å²) in [6.45, 7) is 0. The minimum atomic E-state index is 1.05. The summed E-state index contributed by atoms with van der Waals surface area (Å²) in [5, 5.41) is 0. The molecule has 0 bridgehead atoms. The molecule has 2 aliphatic carbocycles. The molecule has 0 unspecified atom stereocenters. The third kappa shape index (κ3) is 1.50. The fourth-order valence-electron chi connectivity index (χ4n) is 2.06. The molecular weight excluding hydrogens is 182 g/mol. The van der Waals surface area contributed by atoms with Gasteiger partial charge >= 0.3 is 0 Å². The number of hydrogen-bond donors (Lipinski definition) is 1. The molecule has 0 aliphatic heterocycles. The van der Waals surface area contributed by atoms with E-state index in [9.17, 15) is 0 Å². The molecule has 1 aromatic rings. The molecule has 1 heteroatoms.